The molecule has 0 amide bonds. The van der Waals surface area contributed by atoms with Crippen molar-refractivity contribution in [2.45, 2.75) is 19.3 Å². The van der Waals surface area contributed by atoms with Crippen LogP contribution in [0.15, 0.2) is 194 Å². The van der Waals surface area contributed by atoms with Crippen LogP contribution in [0.3, 0.4) is 0 Å². The van der Waals surface area contributed by atoms with Crippen LogP contribution in [0.1, 0.15) is 25.0 Å². The normalized spacial score (nSPS) is 12.6. The van der Waals surface area contributed by atoms with Gasteiger partial charge in [-0.1, -0.05) is 13.8 Å². The van der Waals surface area contributed by atoms with Crippen molar-refractivity contribution in [2.24, 2.45) is 0 Å². The molecule has 2 heterocycles. The fourth-order valence-electron chi connectivity index (χ4n) is 9.50. The average Bonchev–Trinajstić information content (AvgIpc) is 3.66. The van der Waals surface area contributed by atoms with Crippen molar-refractivity contribution in [3.8, 4) is 5.69 Å². The van der Waals surface area contributed by atoms with Gasteiger partial charge in [0.15, 0.2) is 0 Å². The van der Waals surface area contributed by atoms with Crippen LogP contribution in [0.5, 0.6) is 0 Å². The van der Waals surface area contributed by atoms with Gasteiger partial charge in [0.2, 0.25) is 0 Å². The van der Waals surface area contributed by atoms with Gasteiger partial charge in [-0.05, 0) is 205 Å². The Balaban J connectivity index is 1.19. The Bertz CT molecular complexity index is 3340. The quantitative estimate of drug-likeness (QED) is 0.134. The van der Waals surface area contributed by atoms with Gasteiger partial charge in [0, 0.05) is 67.4 Å². The van der Waals surface area contributed by atoms with E-state index in [0.29, 0.717) is 34.1 Å². The summed E-state index contributed by atoms with van der Waals surface area (Å²) in [5.74, 6) is -2.37. The summed E-state index contributed by atoms with van der Waals surface area (Å²) in [4.78, 5) is 5.87. The molecule has 9 aromatic carbocycles. The van der Waals surface area contributed by atoms with Gasteiger partial charge in [-0.3, -0.25) is 0 Å². The molecule has 1 aromatic heterocycles. The van der Waals surface area contributed by atoms with Crippen molar-refractivity contribution in [3.63, 3.8) is 0 Å². The van der Waals surface area contributed by atoms with Crippen molar-refractivity contribution in [2.75, 3.05) is 14.7 Å². The number of hydrogen-bond acceptors (Lipinski definition) is 3. The Hall–Kier alpha value is -8.24. The van der Waals surface area contributed by atoms with E-state index in [1.54, 1.807) is 72.8 Å². The highest BCUT2D eigenvalue weighted by Crippen LogP contribution is 2.52. The summed E-state index contributed by atoms with van der Waals surface area (Å²) in [6, 6.07) is 53.4. The summed E-state index contributed by atoms with van der Waals surface area (Å²) in [5, 5.41) is 1.76. The van der Waals surface area contributed by atoms with E-state index in [4.69, 9.17) is 0 Å². The second-order valence-electron chi connectivity index (χ2n) is 17.1. The maximum Gasteiger partial charge on any atom is 0.123 e. The van der Waals surface area contributed by atoms with Crippen molar-refractivity contribution in [1.82, 2.24) is 4.57 Å². The molecule has 67 heavy (non-hydrogen) atoms. The molecule has 0 bridgehead atoms. The Morgan fingerprint density at radius 3 is 1.00 bits per heavy atom. The van der Waals surface area contributed by atoms with Crippen LogP contribution in [-0.2, 0) is 5.41 Å². The van der Waals surface area contributed by atoms with E-state index < -0.39 is 28.7 Å². The van der Waals surface area contributed by atoms with Crippen LogP contribution in [0.4, 0.5) is 77.5 Å². The Morgan fingerprint density at radius 1 is 0.313 bits per heavy atom. The molecule has 0 radical (unpaired) electrons. The van der Waals surface area contributed by atoms with Gasteiger partial charge in [-0.2, -0.15) is 0 Å². The minimum Gasteiger partial charge on any atom is -0.310 e. The van der Waals surface area contributed by atoms with Crippen molar-refractivity contribution in [1.29, 1.82) is 0 Å². The highest BCUT2D eigenvalue weighted by atomic mass is 19.1. The van der Waals surface area contributed by atoms with E-state index in [1.807, 2.05) is 32.9 Å². The predicted molar refractivity (Wildman–Crippen MR) is 257 cm³/mol. The first-order valence-electron chi connectivity index (χ1n) is 21.6. The molecule has 0 N–H and O–H groups in total. The van der Waals surface area contributed by atoms with Crippen LogP contribution in [0.25, 0.3) is 27.5 Å². The summed E-state index contributed by atoms with van der Waals surface area (Å²) in [6.45, 7) is 4.32. The van der Waals surface area contributed by atoms with Gasteiger partial charge >= 0.3 is 0 Å². The molecule has 328 valence electrons. The Kier molecular flexibility index (Phi) is 9.92. The molecule has 0 unspecified atom stereocenters. The first kappa shape index (κ1) is 41.5. The van der Waals surface area contributed by atoms with Gasteiger partial charge in [0.1, 0.15) is 34.9 Å². The predicted octanol–water partition coefficient (Wildman–Crippen LogP) is 16.7. The molecule has 0 atom stereocenters. The SMILES string of the molecule is CC1(C)c2cc(N(c3ccc(F)cc3)c3ccc(F)cc3)ccc2-n2c3ccc(N(c4ccc(F)cc4)c4ccc(F)cc4)cc3c3cc(N(c4ccc(F)cc4)c4ccc(F)cc4)cc1c32. The molecule has 1 aliphatic heterocycles. The zero-order valence-electron chi connectivity index (χ0n) is 36.0. The lowest BCUT2D eigenvalue weighted by Crippen LogP contribution is -2.27. The van der Waals surface area contributed by atoms with Crippen molar-refractivity contribution >= 4 is 73.0 Å². The fraction of sp³-hybridized carbons (Fsp3) is 0.0526. The summed E-state index contributed by atoms with van der Waals surface area (Å²) in [7, 11) is 0. The second kappa shape index (κ2) is 16.0. The van der Waals surface area contributed by atoms with E-state index in [1.165, 1.54) is 72.8 Å². The summed E-state index contributed by atoms with van der Waals surface area (Å²) in [6.07, 6.45) is 0. The van der Waals surface area contributed by atoms with E-state index in [0.717, 1.165) is 55.7 Å². The third-order valence-corrected chi connectivity index (χ3v) is 12.7. The van der Waals surface area contributed by atoms with E-state index in [2.05, 4.69) is 48.7 Å². The third kappa shape index (κ3) is 7.22. The zero-order valence-corrected chi connectivity index (χ0v) is 36.0. The third-order valence-electron chi connectivity index (χ3n) is 12.7. The first-order chi connectivity index (χ1) is 32.4. The molecular weight excluding hydrogens is 855 g/mol. The molecule has 11 rings (SSSR count). The molecule has 10 aromatic rings. The lowest BCUT2D eigenvalue weighted by Gasteiger charge is -2.37. The number of halogens is 6. The molecule has 0 saturated carbocycles. The first-order valence-corrected chi connectivity index (χ1v) is 21.6. The van der Waals surface area contributed by atoms with Gasteiger partial charge in [0.25, 0.3) is 0 Å². The zero-order chi connectivity index (χ0) is 46.1. The summed E-state index contributed by atoms with van der Waals surface area (Å²) < 4.78 is 88.8. The lowest BCUT2D eigenvalue weighted by atomic mass is 9.74. The standard InChI is InChI=1S/C57H38F6N4/c1-57(2)52-33-48(65(43-19-7-37(60)8-20-43)44-21-9-38(61)10-22-44)28-30-55(52)67-54-29-27-47(64(41-15-3-35(58)4-16-41)42-17-5-36(59)6-18-42)31-50(54)51-32-49(34-53(57)56(51)67)66(45-23-11-39(62)12-24-45)46-25-13-40(63)14-26-46/h3-34H,1-2H3. The highest BCUT2D eigenvalue weighted by molar-refractivity contribution is 6.14. The van der Waals surface area contributed by atoms with Crippen LogP contribution in [0.2, 0.25) is 0 Å². The highest BCUT2D eigenvalue weighted by Gasteiger charge is 2.37. The van der Waals surface area contributed by atoms with Gasteiger partial charge < -0.3 is 19.3 Å². The number of aromatic nitrogens is 1. The molecular formula is C57H38F6N4. The molecule has 4 nitrogen and oxygen atoms in total. The number of rotatable bonds is 9. The van der Waals surface area contributed by atoms with Gasteiger partial charge in [0.05, 0.1) is 16.7 Å². The smallest absolute Gasteiger partial charge is 0.123 e. The maximum absolute atomic E-state index is 14.5. The number of fused-ring (bicyclic) bond motifs is 5. The topological polar surface area (TPSA) is 14.7 Å². The summed E-state index contributed by atoms with van der Waals surface area (Å²) >= 11 is 0. The van der Waals surface area contributed by atoms with Crippen molar-refractivity contribution in [3.05, 3.63) is 240 Å². The van der Waals surface area contributed by atoms with Crippen molar-refractivity contribution < 1.29 is 26.3 Å². The van der Waals surface area contributed by atoms with Crippen LogP contribution in [-0.4, -0.2) is 4.57 Å². The van der Waals surface area contributed by atoms with E-state index in [-0.39, 0.29) is 11.6 Å². The number of benzene rings is 9. The number of anilines is 9. The van der Waals surface area contributed by atoms with E-state index in [9.17, 15) is 26.3 Å². The fourth-order valence-corrected chi connectivity index (χ4v) is 9.50. The molecule has 0 fully saturated rings. The van der Waals surface area contributed by atoms with Gasteiger partial charge in [-0.25, -0.2) is 26.3 Å². The summed E-state index contributed by atoms with van der Waals surface area (Å²) in [5.41, 5.74) is 10.1. The van der Waals surface area contributed by atoms with E-state index >= 15 is 0 Å². The number of hydrogen-bond donors (Lipinski definition) is 0. The largest absolute Gasteiger partial charge is 0.310 e. The minimum atomic E-state index is -0.699. The van der Waals surface area contributed by atoms with Gasteiger partial charge in [-0.15, -0.1) is 0 Å². The van der Waals surface area contributed by atoms with Crippen LogP contribution in [0, 0.1) is 34.9 Å². The second-order valence-corrected chi connectivity index (χ2v) is 17.1. The lowest BCUT2D eigenvalue weighted by molar-refractivity contribution is 0.627. The minimum absolute atomic E-state index is 0.387. The molecule has 0 spiro atoms. The van der Waals surface area contributed by atoms with Crippen LogP contribution >= 0.6 is 0 Å². The molecule has 1 aliphatic rings. The Labute approximate surface area is 382 Å². The molecule has 10 heteroatoms. The monoisotopic (exact) mass is 892 g/mol. The number of nitrogens with zero attached hydrogens (tertiary/aromatic N) is 4. The Morgan fingerprint density at radius 2 is 0.612 bits per heavy atom. The average molecular weight is 893 g/mol. The molecule has 0 saturated heterocycles. The maximum atomic E-state index is 14.5. The molecule has 0 aliphatic carbocycles. The van der Waals surface area contributed by atoms with Crippen LogP contribution < -0.4 is 14.7 Å².